The van der Waals surface area contributed by atoms with Crippen molar-refractivity contribution < 1.29 is 28.6 Å². The van der Waals surface area contributed by atoms with E-state index in [-0.39, 0.29) is 11.3 Å². The number of methoxy groups -OCH3 is 2. The predicted molar refractivity (Wildman–Crippen MR) is 73.2 cm³/mol. The third kappa shape index (κ3) is 3.14. The summed E-state index contributed by atoms with van der Waals surface area (Å²) in [5, 5.41) is 11.4. The van der Waals surface area contributed by atoms with E-state index in [4.69, 9.17) is 19.0 Å². The number of carbonyl (C=O) groups is 2. The van der Waals surface area contributed by atoms with Crippen molar-refractivity contribution in [2.45, 2.75) is 0 Å². The molecule has 0 radical (unpaired) electrons. The van der Waals surface area contributed by atoms with Gasteiger partial charge >= 0.3 is 5.97 Å². The molecule has 1 heterocycles. The average molecular weight is 291 g/mol. The molecule has 2 N–H and O–H groups in total. The molecule has 0 bridgehead atoms. The van der Waals surface area contributed by atoms with Crippen LogP contribution in [0.2, 0.25) is 0 Å². The molecule has 7 nitrogen and oxygen atoms in total. The zero-order valence-electron chi connectivity index (χ0n) is 11.4. The number of carbonyl (C=O) groups excluding carboxylic acids is 1. The molecule has 0 aliphatic carbocycles. The number of amides is 1. The molecule has 0 spiro atoms. The maximum atomic E-state index is 12.0. The van der Waals surface area contributed by atoms with E-state index in [1.807, 2.05) is 0 Å². The summed E-state index contributed by atoms with van der Waals surface area (Å²) in [7, 11) is 2.98. The Morgan fingerprint density at radius 2 is 1.95 bits per heavy atom. The Kier molecular flexibility index (Phi) is 4.13. The molecule has 2 aromatic rings. The van der Waals surface area contributed by atoms with Crippen LogP contribution in [-0.2, 0) is 0 Å². The highest BCUT2D eigenvalue weighted by Crippen LogP contribution is 2.29. The summed E-state index contributed by atoms with van der Waals surface area (Å²) in [5.74, 6) is -0.861. The molecule has 1 amide bonds. The number of aromatic carboxylic acids is 1. The number of hydrogen-bond acceptors (Lipinski definition) is 5. The van der Waals surface area contributed by atoms with Crippen LogP contribution >= 0.6 is 0 Å². The highest BCUT2D eigenvalue weighted by Gasteiger charge is 2.16. The standard InChI is InChI=1S/C14H13NO6/c1-19-9-3-4-10(11(6-9)20-2)15-13(16)12-5-8(7-21-12)14(17)18/h3-7H,1-2H3,(H,15,16)(H,17,18). The molecule has 0 saturated carbocycles. The summed E-state index contributed by atoms with van der Waals surface area (Å²) in [6, 6.07) is 6.02. The summed E-state index contributed by atoms with van der Waals surface area (Å²) >= 11 is 0. The lowest BCUT2D eigenvalue weighted by molar-refractivity contribution is 0.0696. The molecule has 2 rings (SSSR count). The Morgan fingerprint density at radius 3 is 2.52 bits per heavy atom. The predicted octanol–water partition coefficient (Wildman–Crippen LogP) is 2.25. The molecule has 7 heteroatoms. The number of ether oxygens (including phenoxy) is 2. The van der Waals surface area contributed by atoms with Crippen molar-refractivity contribution >= 4 is 17.6 Å². The fourth-order valence-corrected chi connectivity index (χ4v) is 1.65. The first-order valence-corrected chi connectivity index (χ1v) is 5.90. The van der Waals surface area contributed by atoms with Crippen LogP contribution in [0.1, 0.15) is 20.9 Å². The number of hydrogen-bond donors (Lipinski definition) is 2. The quantitative estimate of drug-likeness (QED) is 0.876. The Hall–Kier alpha value is -2.96. The Bertz CT molecular complexity index is 676. The molecular weight excluding hydrogens is 278 g/mol. The number of benzene rings is 1. The van der Waals surface area contributed by atoms with Crippen LogP contribution in [0.15, 0.2) is 34.9 Å². The second kappa shape index (κ2) is 6.00. The summed E-state index contributed by atoms with van der Waals surface area (Å²) in [4.78, 5) is 22.7. The fourth-order valence-electron chi connectivity index (χ4n) is 1.65. The highest BCUT2D eigenvalue weighted by molar-refractivity contribution is 6.04. The van der Waals surface area contributed by atoms with Gasteiger partial charge in [0.15, 0.2) is 5.76 Å². The topological polar surface area (TPSA) is 98.0 Å². The van der Waals surface area contributed by atoms with E-state index >= 15 is 0 Å². The van der Waals surface area contributed by atoms with Gasteiger partial charge in [-0.2, -0.15) is 0 Å². The van der Waals surface area contributed by atoms with Gasteiger partial charge in [0.2, 0.25) is 0 Å². The number of carboxylic acid groups (broad SMARTS) is 1. The second-order valence-corrected chi connectivity index (χ2v) is 4.03. The number of furan rings is 1. The average Bonchev–Trinajstić information content (AvgIpc) is 2.97. The largest absolute Gasteiger partial charge is 0.497 e. The van der Waals surface area contributed by atoms with E-state index in [9.17, 15) is 9.59 Å². The minimum atomic E-state index is -1.17. The summed E-state index contributed by atoms with van der Waals surface area (Å²) in [6.45, 7) is 0. The lowest BCUT2D eigenvalue weighted by Crippen LogP contribution is -2.12. The Morgan fingerprint density at radius 1 is 1.19 bits per heavy atom. The van der Waals surface area contributed by atoms with Gasteiger partial charge in [0.1, 0.15) is 17.8 Å². The smallest absolute Gasteiger partial charge is 0.338 e. The summed E-state index contributed by atoms with van der Waals surface area (Å²) < 4.78 is 15.1. The van der Waals surface area contributed by atoms with Crippen molar-refractivity contribution in [3.63, 3.8) is 0 Å². The second-order valence-electron chi connectivity index (χ2n) is 4.03. The molecule has 1 aromatic carbocycles. The van der Waals surface area contributed by atoms with Crippen LogP contribution < -0.4 is 14.8 Å². The van der Waals surface area contributed by atoms with Crippen molar-refractivity contribution in [1.82, 2.24) is 0 Å². The highest BCUT2D eigenvalue weighted by atomic mass is 16.5. The third-order valence-corrected chi connectivity index (χ3v) is 2.73. The van der Waals surface area contributed by atoms with Crippen LogP contribution in [0.3, 0.4) is 0 Å². The van der Waals surface area contributed by atoms with Crippen LogP contribution in [-0.4, -0.2) is 31.2 Å². The van der Waals surface area contributed by atoms with Crippen molar-refractivity contribution in [3.8, 4) is 11.5 Å². The molecule has 0 aliphatic rings. The molecule has 0 unspecified atom stereocenters. The maximum absolute atomic E-state index is 12.0. The van der Waals surface area contributed by atoms with Gasteiger partial charge in [0, 0.05) is 12.1 Å². The normalized spacial score (nSPS) is 10.0. The van der Waals surface area contributed by atoms with Gasteiger partial charge < -0.3 is 24.3 Å². The zero-order chi connectivity index (χ0) is 15.4. The molecule has 110 valence electrons. The monoisotopic (exact) mass is 291 g/mol. The van der Waals surface area contributed by atoms with Gasteiger partial charge in [-0.15, -0.1) is 0 Å². The first-order chi connectivity index (χ1) is 10.0. The number of anilines is 1. The van der Waals surface area contributed by atoms with Gasteiger partial charge in [-0.3, -0.25) is 4.79 Å². The van der Waals surface area contributed by atoms with E-state index < -0.39 is 11.9 Å². The van der Waals surface area contributed by atoms with Crippen molar-refractivity contribution in [1.29, 1.82) is 0 Å². The van der Waals surface area contributed by atoms with E-state index in [0.29, 0.717) is 17.2 Å². The van der Waals surface area contributed by atoms with Gasteiger partial charge in [-0.1, -0.05) is 0 Å². The molecule has 21 heavy (non-hydrogen) atoms. The van der Waals surface area contributed by atoms with Gasteiger partial charge in [-0.05, 0) is 12.1 Å². The number of carboxylic acids is 1. The number of rotatable bonds is 5. The first-order valence-electron chi connectivity index (χ1n) is 5.90. The SMILES string of the molecule is COc1ccc(NC(=O)c2cc(C(=O)O)co2)c(OC)c1. The minimum Gasteiger partial charge on any atom is -0.497 e. The van der Waals surface area contributed by atoms with E-state index in [0.717, 1.165) is 12.3 Å². The van der Waals surface area contributed by atoms with Crippen LogP contribution in [0.5, 0.6) is 11.5 Å². The Labute approximate surface area is 120 Å². The molecule has 0 aliphatic heterocycles. The fraction of sp³-hybridized carbons (Fsp3) is 0.143. The van der Waals surface area contributed by atoms with E-state index in [1.54, 1.807) is 18.2 Å². The first kappa shape index (κ1) is 14.4. The maximum Gasteiger partial charge on any atom is 0.338 e. The molecule has 0 atom stereocenters. The van der Waals surface area contributed by atoms with Gasteiger partial charge in [0.25, 0.3) is 5.91 Å². The van der Waals surface area contributed by atoms with Crippen molar-refractivity contribution in [2.75, 3.05) is 19.5 Å². The number of nitrogens with one attached hydrogen (secondary N) is 1. The Balaban J connectivity index is 2.20. The molecule has 0 saturated heterocycles. The minimum absolute atomic E-state index is 0.0955. The zero-order valence-corrected chi connectivity index (χ0v) is 11.4. The summed E-state index contributed by atoms with van der Waals surface area (Å²) in [5.41, 5.74) is 0.318. The van der Waals surface area contributed by atoms with E-state index in [2.05, 4.69) is 5.32 Å². The third-order valence-electron chi connectivity index (χ3n) is 2.73. The van der Waals surface area contributed by atoms with Crippen molar-refractivity contribution in [3.05, 3.63) is 41.9 Å². The molecule has 1 aromatic heterocycles. The van der Waals surface area contributed by atoms with Crippen LogP contribution in [0, 0.1) is 0 Å². The lowest BCUT2D eigenvalue weighted by atomic mass is 10.2. The molecule has 0 fully saturated rings. The molecular formula is C14H13NO6. The van der Waals surface area contributed by atoms with Crippen LogP contribution in [0.4, 0.5) is 5.69 Å². The van der Waals surface area contributed by atoms with Gasteiger partial charge in [-0.25, -0.2) is 4.79 Å². The van der Waals surface area contributed by atoms with E-state index in [1.165, 1.54) is 14.2 Å². The van der Waals surface area contributed by atoms with Crippen LogP contribution in [0.25, 0.3) is 0 Å². The summed E-state index contributed by atoms with van der Waals surface area (Å²) in [6.07, 6.45) is 1.00. The lowest BCUT2D eigenvalue weighted by Gasteiger charge is -2.10. The van der Waals surface area contributed by atoms with Crippen molar-refractivity contribution in [2.24, 2.45) is 0 Å². The van der Waals surface area contributed by atoms with Gasteiger partial charge in [0.05, 0.1) is 25.5 Å².